The highest BCUT2D eigenvalue weighted by Gasteiger charge is 2.25. The maximum absolute atomic E-state index is 12.3. The zero-order valence-corrected chi connectivity index (χ0v) is 25.2. The molecule has 2 aromatic rings. The van der Waals surface area contributed by atoms with E-state index >= 15 is 0 Å². The summed E-state index contributed by atoms with van der Waals surface area (Å²) in [6, 6.07) is 13.8. The van der Waals surface area contributed by atoms with Crippen molar-refractivity contribution in [3.05, 3.63) is 94.3 Å². The number of carbonyl (C=O) groups excluding carboxylic acids is 4. The van der Waals surface area contributed by atoms with E-state index in [4.69, 9.17) is 0 Å². The Balaban J connectivity index is 0.000000238. The molecule has 2 aromatic carbocycles. The molecule has 43 heavy (non-hydrogen) atoms. The molecule has 0 amide bonds. The van der Waals surface area contributed by atoms with Gasteiger partial charge in [-0.05, 0) is 12.8 Å². The maximum Gasteiger partial charge on any atom is 0.209 e. The van der Waals surface area contributed by atoms with Crippen LogP contribution in [0.3, 0.4) is 0 Å². The Labute approximate surface area is 255 Å². The van der Waals surface area contributed by atoms with E-state index < -0.39 is 0 Å². The van der Waals surface area contributed by atoms with Crippen molar-refractivity contribution in [3.8, 4) is 23.7 Å². The molecule has 4 rings (SSSR count). The largest absolute Gasteiger partial charge is 0.381 e. The molecular weight excluding hydrogens is 536 g/mol. The molecular formula is C37H40N2O4. The number of nitrogens with one attached hydrogen (secondary N) is 2. The third-order valence-corrected chi connectivity index (χ3v) is 6.88. The molecule has 0 saturated heterocycles. The summed E-state index contributed by atoms with van der Waals surface area (Å²) in [7, 11) is 0. The number of rotatable bonds is 11. The number of carbonyl (C=O) groups is 4. The van der Waals surface area contributed by atoms with Gasteiger partial charge in [0.05, 0.1) is 17.9 Å². The number of Topliss-reactive ketones (excluding diaryl/α,β-unsaturated/α-hetero) is 2. The number of unbranched alkanes of at least 4 members (excludes halogenated alkanes) is 6. The topological polar surface area (TPSA) is 92.3 Å². The second-order valence-corrected chi connectivity index (χ2v) is 10.2. The van der Waals surface area contributed by atoms with Gasteiger partial charge in [-0.3, -0.25) is 19.2 Å². The predicted octanol–water partition coefficient (Wildman–Crippen LogP) is 6.64. The molecule has 2 aliphatic rings. The minimum absolute atomic E-state index is 0.123. The first-order chi connectivity index (χ1) is 21.0. The quantitative estimate of drug-likeness (QED) is 0.230. The predicted molar refractivity (Wildman–Crippen MR) is 171 cm³/mol. The molecule has 0 bridgehead atoms. The van der Waals surface area contributed by atoms with Crippen LogP contribution in [-0.4, -0.2) is 36.2 Å². The van der Waals surface area contributed by atoms with Crippen molar-refractivity contribution in [2.24, 2.45) is 0 Å². The van der Waals surface area contributed by atoms with Crippen LogP contribution in [-0.2, 0) is 0 Å². The molecule has 0 unspecified atom stereocenters. The van der Waals surface area contributed by atoms with Gasteiger partial charge in [0.25, 0.3) is 0 Å². The fraction of sp³-hybridized carbons (Fsp3) is 0.351. The van der Waals surface area contributed by atoms with Gasteiger partial charge in [-0.2, -0.15) is 0 Å². The van der Waals surface area contributed by atoms with Crippen LogP contribution in [0.5, 0.6) is 0 Å². The Bertz CT molecular complexity index is 1510. The first kappa shape index (κ1) is 32.8. The Hall–Kier alpha value is -4.68. The smallest absolute Gasteiger partial charge is 0.209 e. The van der Waals surface area contributed by atoms with Gasteiger partial charge < -0.3 is 10.6 Å². The lowest BCUT2D eigenvalue weighted by Crippen LogP contribution is -2.27. The Morgan fingerprint density at radius 1 is 0.535 bits per heavy atom. The molecule has 2 N–H and O–H groups in total. The average Bonchev–Trinajstić information content (AvgIpc) is 3.03. The van der Waals surface area contributed by atoms with Crippen molar-refractivity contribution >= 4 is 23.1 Å². The third kappa shape index (κ3) is 9.97. The standard InChI is InChI=1S/C20H23NO2.C17H17NO2/c1-2-3-4-5-6-7-8-11-14-21-18-15-19(22)16-12-9-10-13-17(16)20(18)23;1-2-3-4-5-8-11-18-15-12-16(19)13-9-6-7-10-14(13)17(15)20/h9-10,12-13,15,21H,2-7,14H2,1H3;6-7,9-10,12,18H,2-3,8,11H2,1H3. The van der Waals surface area contributed by atoms with Gasteiger partial charge in [0.1, 0.15) is 0 Å². The monoisotopic (exact) mass is 576 g/mol. The number of allylic oxidation sites excluding steroid dienone is 4. The fourth-order valence-electron chi connectivity index (χ4n) is 4.56. The van der Waals surface area contributed by atoms with Crippen LogP contribution < -0.4 is 10.6 Å². The molecule has 2 aliphatic carbocycles. The first-order valence-electron chi connectivity index (χ1n) is 15.2. The van der Waals surface area contributed by atoms with E-state index in [0.29, 0.717) is 53.2 Å². The summed E-state index contributed by atoms with van der Waals surface area (Å²) in [5, 5.41) is 5.98. The van der Waals surface area contributed by atoms with Gasteiger partial charge in [-0.25, -0.2) is 0 Å². The van der Waals surface area contributed by atoms with Gasteiger partial charge in [-0.1, -0.05) is 94.0 Å². The van der Waals surface area contributed by atoms with Crippen molar-refractivity contribution in [2.75, 3.05) is 13.1 Å². The molecule has 0 radical (unpaired) electrons. The van der Waals surface area contributed by atoms with Gasteiger partial charge in [-0.15, -0.1) is 17.8 Å². The van der Waals surface area contributed by atoms with Crippen LogP contribution in [0, 0.1) is 23.7 Å². The SMILES string of the molecule is CCCC#CCCNC1=CC(=O)c2ccccc2C1=O.CCCCCCCC#CCNC1=CC(=O)c2ccccc2C1=O. The van der Waals surface area contributed by atoms with Crippen molar-refractivity contribution in [3.63, 3.8) is 0 Å². The highest BCUT2D eigenvalue weighted by atomic mass is 16.1. The zero-order chi connectivity index (χ0) is 30.9. The van der Waals surface area contributed by atoms with E-state index in [-0.39, 0.29) is 23.1 Å². The second kappa shape index (κ2) is 18.0. The molecule has 0 spiro atoms. The summed E-state index contributed by atoms with van der Waals surface area (Å²) in [5.41, 5.74) is 2.59. The van der Waals surface area contributed by atoms with Crippen LogP contribution in [0.2, 0.25) is 0 Å². The Morgan fingerprint density at radius 3 is 1.63 bits per heavy atom. The number of hydrogen-bond donors (Lipinski definition) is 2. The lowest BCUT2D eigenvalue weighted by Gasteiger charge is -2.15. The summed E-state index contributed by atoms with van der Waals surface area (Å²) in [6.07, 6.45) is 12.4. The molecule has 0 saturated carbocycles. The van der Waals surface area contributed by atoms with Gasteiger partial charge >= 0.3 is 0 Å². The maximum atomic E-state index is 12.3. The molecule has 0 atom stereocenters. The van der Waals surface area contributed by atoms with Crippen molar-refractivity contribution in [1.82, 2.24) is 10.6 Å². The highest BCUT2D eigenvalue weighted by molar-refractivity contribution is 6.25. The minimum Gasteiger partial charge on any atom is -0.381 e. The fourth-order valence-corrected chi connectivity index (χ4v) is 4.56. The van der Waals surface area contributed by atoms with Gasteiger partial charge in [0.15, 0.2) is 11.6 Å². The molecule has 222 valence electrons. The zero-order valence-electron chi connectivity index (χ0n) is 25.2. The molecule has 0 aliphatic heterocycles. The van der Waals surface area contributed by atoms with E-state index in [9.17, 15) is 19.2 Å². The van der Waals surface area contributed by atoms with Crippen LogP contribution in [0.4, 0.5) is 0 Å². The third-order valence-electron chi connectivity index (χ3n) is 6.88. The number of ketones is 4. The molecule has 0 heterocycles. The highest BCUT2D eigenvalue weighted by Crippen LogP contribution is 2.20. The Morgan fingerprint density at radius 2 is 1.05 bits per heavy atom. The molecule has 0 fully saturated rings. The minimum atomic E-state index is -0.137. The summed E-state index contributed by atoms with van der Waals surface area (Å²) in [6.45, 7) is 5.25. The van der Waals surface area contributed by atoms with Crippen molar-refractivity contribution < 1.29 is 19.2 Å². The average molecular weight is 577 g/mol. The number of hydrogen-bond acceptors (Lipinski definition) is 6. The van der Waals surface area contributed by atoms with Gasteiger partial charge in [0.2, 0.25) is 11.6 Å². The summed E-state index contributed by atoms with van der Waals surface area (Å²) >= 11 is 0. The lowest BCUT2D eigenvalue weighted by atomic mass is 9.93. The van der Waals surface area contributed by atoms with E-state index in [1.807, 2.05) is 0 Å². The summed E-state index contributed by atoms with van der Waals surface area (Å²) in [5.74, 6) is 11.7. The molecule has 0 aromatic heterocycles. The van der Waals surface area contributed by atoms with Crippen LogP contribution in [0.1, 0.15) is 113 Å². The van der Waals surface area contributed by atoms with Crippen LogP contribution >= 0.6 is 0 Å². The van der Waals surface area contributed by atoms with E-state index in [1.54, 1.807) is 48.5 Å². The van der Waals surface area contributed by atoms with E-state index in [2.05, 4.69) is 48.2 Å². The van der Waals surface area contributed by atoms with Crippen LogP contribution in [0.25, 0.3) is 0 Å². The Kier molecular flexibility index (Phi) is 13.7. The van der Waals surface area contributed by atoms with Crippen molar-refractivity contribution in [1.29, 1.82) is 0 Å². The van der Waals surface area contributed by atoms with E-state index in [0.717, 1.165) is 25.7 Å². The van der Waals surface area contributed by atoms with Crippen molar-refractivity contribution in [2.45, 2.75) is 71.6 Å². The summed E-state index contributed by atoms with van der Waals surface area (Å²) < 4.78 is 0. The van der Waals surface area contributed by atoms with E-state index in [1.165, 1.54) is 37.8 Å². The summed E-state index contributed by atoms with van der Waals surface area (Å²) in [4.78, 5) is 48.4. The lowest BCUT2D eigenvalue weighted by molar-refractivity contribution is 0.0978. The second-order valence-electron chi connectivity index (χ2n) is 10.2. The molecule has 6 nitrogen and oxygen atoms in total. The van der Waals surface area contributed by atoms with Gasteiger partial charge in [0, 0.05) is 60.2 Å². The normalized spacial score (nSPS) is 13.1. The number of fused-ring (bicyclic) bond motifs is 2. The first-order valence-corrected chi connectivity index (χ1v) is 15.2. The number of benzene rings is 2. The molecule has 6 heteroatoms. The van der Waals surface area contributed by atoms with Crippen LogP contribution in [0.15, 0.2) is 72.1 Å².